The van der Waals surface area contributed by atoms with Crippen molar-refractivity contribution in [3.63, 3.8) is 0 Å². The van der Waals surface area contributed by atoms with Crippen LogP contribution in [0.15, 0.2) is 41.0 Å². The standard InChI is InChI=1S/C13H13N3S3/c1-3-10(9-14-6-1)12-13(16-19-15-12)18-7-2-4-11-5-8-17-11/h1,3,5-6,8-9,11H,2,4,7H2. The molecule has 0 N–H and O–H groups in total. The molecule has 0 bridgehead atoms. The zero-order valence-corrected chi connectivity index (χ0v) is 12.7. The van der Waals surface area contributed by atoms with E-state index in [0.29, 0.717) is 0 Å². The van der Waals surface area contributed by atoms with Crippen molar-refractivity contribution in [3.8, 4) is 11.3 Å². The molecule has 2 aromatic heterocycles. The average Bonchev–Trinajstić information content (AvgIpc) is 2.86. The highest BCUT2D eigenvalue weighted by molar-refractivity contribution is 8.04. The fourth-order valence-electron chi connectivity index (χ4n) is 1.76. The largest absolute Gasteiger partial charge is 0.264 e. The van der Waals surface area contributed by atoms with E-state index in [1.54, 1.807) is 18.0 Å². The third-order valence-corrected chi connectivity index (χ3v) is 5.56. The quantitative estimate of drug-likeness (QED) is 0.593. The lowest BCUT2D eigenvalue weighted by molar-refractivity contribution is 0.831. The molecule has 1 aliphatic heterocycles. The second kappa shape index (κ2) is 6.54. The SMILES string of the molecule is C1=CC(CCCSc2nsnc2-c2cccnc2)S1. The first kappa shape index (κ1) is 13.1. The van der Waals surface area contributed by atoms with Crippen molar-refractivity contribution in [2.75, 3.05) is 5.75 Å². The topological polar surface area (TPSA) is 38.7 Å². The van der Waals surface area contributed by atoms with Gasteiger partial charge in [0, 0.05) is 23.2 Å². The van der Waals surface area contributed by atoms with Gasteiger partial charge in [-0.15, -0.1) is 23.5 Å². The molecule has 0 radical (unpaired) electrons. The minimum atomic E-state index is 0.743. The van der Waals surface area contributed by atoms with Crippen LogP contribution < -0.4 is 0 Å². The molecule has 0 saturated carbocycles. The van der Waals surface area contributed by atoms with Crippen molar-refractivity contribution in [2.45, 2.75) is 23.1 Å². The first-order valence-electron chi connectivity index (χ1n) is 6.11. The first-order valence-corrected chi connectivity index (χ1v) is 8.77. The number of aromatic nitrogens is 3. The van der Waals surface area contributed by atoms with E-state index in [-0.39, 0.29) is 0 Å². The summed E-state index contributed by atoms with van der Waals surface area (Å²) in [6.07, 6.45) is 8.38. The molecule has 0 amide bonds. The Kier molecular flexibility index (Phi) is 4.53. The summed E-state index contributed by atoms with van der Waals surface area (Å²) in [4.78, 5) is 4.14. The zero-order valence-electron chi connectivity index (χ0n) is 10.2. The predicted molar refractivity (Wildman–Crippen MR) is 83.6 cm³/mol. The van der Waals surface area contributed by atoms with Crippen molar-refractivity contribution < 1.29 is 0 Å². The Morgan fingerprint density at radius 2 is 2.26 bits per heavy atom. The summed E-state index contributed by atoms with van der Waals surface area (Å²) in [6, 6.07) is 3.97. The van der Waals surface area contributed by atoms with Gasteiger partial charge >= 0.3 is 0 Å². The predicted octanol–water partition coefficient (Wildman–Crippen LogP) is 4.10. The summed E-state index contributed by atoms with van der Waals surface area (Å²) < 4.78 is 8.77. The lowest BCUT2D eigenvalue weighted by Crippen LogP contribution is -2.03. The lowest BCUT2D eigenvalue weighted by Gasteiger charge is -2.15. The molecular weight excluding hydrogens is 294 g/mol. The Bertz CT molecular complexity index is 553. The van der Waals surface area contributed by atoms with Crippen molar-refractivity contribution in [1.82, 2.24) is 13.7 Å². The van der Waals surface area contributed by atoms with Gasteiger partial charge in [0.2, 0.25) is 0 Å². The molecule has 0 aromatic carbocycles. The third-order valence-electron chi connectivity index (χ3n) is 2.81. The maximum Gasteiger partial charge on any atom is 0.138 e. The van der Waals surface area contributed by atoms with E-state index in [0.717, 1.165) is 27.3 Å². The molecule has 0 saturated heterocycles. The number of pyridine rings is 1. The van der Waals surface area contributed by atoms with Crippen molar-refractivity contribution in [3.05, 3.63) is 36.0 Å². The van der Waals surface area contributed by atoms with Gasteiger partial charge in [0.15, 0.2) is 0 Å². The number of nitrogens with zero attached hydrogens (tertiary/aromatic N) is 3. The van der Waals surface area contributed by atoms with Gasteiger partial charge in [-0.3, -0.25) is 4.98 Å². The Morgan fingerprint density at radius 3 is 3.00 bits per heavy atom. The summed E-state index contributed by atoms with van der Waals surface area (Å²) in [5, 5.41) is 3.95. The highest BCUT2D eigenvalue weighted by atomic mass is 32.2. The fourth-order valence-corrected chi connectivity index (χ4v) is 4.09. The summed E-state index contributed by atoms with van der Waals surface area (Å²) in [7, 11) is 0. The molecule has 2 aromatic rings. The van der Waals surface area contributed by atoms with Gasteiger partial charge in [-0.25, -0.2) is 0 Å². The van der Waals surface area contributed by atoms with Crippen molar-refractivity contribution in [2.24, 2.45) is 0 Å². The van der Waals surface area contributed by atoms with Crippen LogP contribution in [-0.2, 0) is 0 Å². The Labute approximate surface area is 125 Å². The van der Waals surface area contributed by atoms with Gasteiger partial charge < -0.3 is 0 Å². The maximum atomic E-state index is 4.39. The number of hydrogen-bond donors (Lipinski definition) is 0. The minimum absolute atomic E-state index is 0.743. The van der Waals surface area contributed by atoms with Gasteiger partial charge in [0.25, 0.3) is 0 Å². The molecule has 6 heteroatoms. The maximum absolute atomic E-state index is 4.39. The molecule has 3 heterocycles. The Morgan fingerprint density at radius 1 is 1.32 bits per heavy atom. The summed E-state index contributed by atoms with van der Waals surface area (Å²) in [5.41, 5.74) is 2.03. The van der Waals surface area contributed by atoms with Crippen LogP contribution in [-0.4, -0.2) is 24.7 Å². The van der Waals surface area contributed by atoms with Crippen LogP contribution in [0.25, 0.3) is 11.3 Å². The molecule has 1 unspecified atom stereocenters. The Hall–Kier alpha value is -0.850. The van der Waals surface area contributed by atoms with E-state index in [1.165, 1.54) is 24.6 Å². The lowest BCUT2D eigenvalue weighted by atomic mass is 10.2. The molecule has 1 atom stereocenters. The van der Waals surface area contributed by atoms with Crippen molar-refractivity contribution in [1.29, 1.82) is 0 Å². The van der Waals surface area contributed by atoms with Gasteiger partial charge in [-0.1, -0.05) is 6.08 Å². The van der Waals surface area contributed by atoms with Crippen LogP contribution in [0.4, 0.5) is 0 Å². The van der Waals surface area contributed by atoms with E-state index in [4.69, 9.17) is 0 Å². The number of rotatable bonds is 6. The first-order chi connectivity index (χ1) is 9.43. The van der Waals surface area contributed by atoms with Crippen LogP contribution in [0.5, 0.6) is 0 Å². The summed E-state index contributed by atoms with van der Waals surface area (Å²) >= 11 is 5.01. The van der Waals surface area contributed by atoms with Crippen LogP contribution in [0.2, 0.25) is 0 Å². The monoisotopic (exact) mass is 307 g/mol. The number of thioether (sulfide) groups is 2. The summed E-state index contributed by atoms with van der Waals surface area (Å²) in [6.45, 7) is 0. The van der Waals surface area contributed by atoms with Crippen LogP contribution in [0.1, 0.15) is 12.8 Å². The molecule has 1 aliphatic rings. The second-order valence-electron chi connectivity index (χ2n) is 4.15. The highest BCUT2D eigenvalue weighted by Crippen LogP contribution is 2.32. The second-order valence-corrected chi connectivity index (χ2v) is 6.92. The smallest absolute Gasteiger partial charge is 0.138 e. The molecular formula is C13H13N3S3. The molecule has 0 fully saturated rings. The average molecular weight is 307 g/mol. The summed E-state index contributed by atoms with van der Waals surface area (Å²) in [5.74, 6) is 1.10. The van der Waals surface area contributed by atoms with Crippen LogP contribution in [0.3, 0.4) is 0 Å². The normalized spacial score (nSPS) is 17.4. The van der Waals surface area contributed by atoms with Gasteiger partial charge in [0.05, 0.1) is 11.7 Å². The Balaban J connectivity index is 1.56. The highest BCUT2D eigenvalue weighted by Gasteiger charge is 2.13. The molecule has 0 spiro atoms. The van der Waals surface area contributed by atoms with Crippen LogP contribution in [0, 0.1) is 0 Å². The molecule has 98 valence electrons. The molecule has 19 heavy (non-hydrogen) atoms. The van der Waals surface area contributed by atoms with Crippen LogP contribution >= 0.6 is 35.3 Å². The molecule has 3 nitrogen and oxygen atoms in total. The zero-order chi connectivity index (χ0) is 12.9. The van der Waals surface area contributed by atoms with E-state index in [2.05, 4.69) is 25.2 Å². The van der Waals surface area contributed by atoms with E-state index in [9.17, 15) is 0 Å². The van der Waals surface area contributed by atoms with E-state index >= 15 is 0 Å². The van der Waals surface area contributed by atoms with E-state index in [1.807, 2.05) is 30.1 Å². The number of hydrogen-bond acceptors (Lipinski definition) is 6. The molecule has 0 aliphatic carbocycles. The minimum Gasteiger partial charge on any atom is -0.264 e. The molecule has 3 rings (SSSR count). The van der Waals surface area contributed by atoms with Gasteiger partial charge in [0.1, 0.15) is 10.7 Å². The van der Waals surface area contributed by atoms with Gasteiger partial charge in [-0.05, 0) is 36.1 Å². The van der Waals surface area contributed by atoms with Gasteiger partial charge in [-0.2, -0.15) is 8.75 Å². The van der Waals surface area contributed by atoms with E-state index < -0.39 is 0 Å². The fraction of sp³-hybridized carbons (Fsp3) is 0.308. The third kappa shape index (κ3) is 3.38. The van der Waals surface area contributed by atoms with Crippen molar-refractivity contribution >= 4 is 35.3 Å².